The van der Waals surface area contributed by atoms with Crippen molar-refractivity contribution in [3.05, 3.63) is 54.4 Å². The number of H-pyrrole nitrogens is 1. The summed E-state index contributed by atoms with van der Waals surface area (Å²) in [6.45, 7) is 2.51. The maximum Gasteiger partial charge on any atom is 0.250 e. The molecule has 11 heteroatoms. The molecule has 34 heavy (non-hydrogen) atoms. The normalized spacial score (nSPS) is 20.1. The van der Waals surface area contributed by atoms with E-state index < -0.39 is 11.5 Å². The maximum absolute atomic E-state index is 13.3. The summed E-state index contributed by atoms with van der Waals surface area (Å²) in [4.78, 5) is 28.4. The van der Waals surface area contributed by atoms with Crippen LogP contribution in [0.3, 0.4) is 0 Å². The van der Waals surface area contributed by atoms with Gasteiger partial charge in [-0.15, -0.1) is 0 Å². The molecule has 6 rings (SSSR count). The summed E-state index contributed by atoms with van der Waals surface area (Å²) < 4.78 is 15.0. The van der Waals surface area contributed by atoms with Crippen LogP contribution in [0.25, 0.3) is 5.65 Å². The standard InChI is InChI=1S/C23H24FN9O/c1-23(20(34)26-15-7-8-17(24)25-13-15)9-3-11-33(23)22-28-19-4-2-10-32(19)21(29-22)27-18-12-16(30-31-18)14-5-6-14/h2,4,7-8,10,12-14H,3,5-6,9,11H2,1H3,(H,26,34)(H2,27,28,29,30,31). The van der Waals surface area contributed by atoms with E-state index in [4.69, 9.17) is 9.97 Å². The van der Waals surface area contributed by atoms with Crippen molar-refractivity contribution >= 4 is 35.0 Å². The zero-order chi connectivity index (χ0) is 23.3. The number of hydrogen-bond donors (Lipinski definition) is 3. The molecule has 5 heterocycles. The average Bonchev–Trinajstić information content (AvgIpc) is 3.20. The third kappa shape index (κ3) is 3.62. The number of nitrogens with one attached hydrogen (secondary N) is 3. The summed E-state index contributed by atoms with van der Waals surface area (Å²) in [5, 5.41) is 13.6. The van der Waals surface area contributed by atoms with E-state index in [1.54, 1.807) is 0 Å². The monoisotopic (exact) mass is 461 g/mol. The lowest BCUT2D eigenvalue weighted by molar-refractivity contribution is -0.120. The summed E-state index contributed by atoms with van der Waals surface area (Å²) in [6.07, 6.45) is 7.01. The zero-order valence-electron chi connectivity index (χ0n) is 18.6. The predicted molar refractivity (Wildman–Crippen MR) is 125 cm³/mol. The third-order valence-electron chi connectivity index (χ3n) is 6.59. The van der Waals surface area contributed by atoms with E-state index in [1.807, 2.05) is 40.6 Å². The number of fused-ring (bicyclic) bond motifs is 1. The van der Waals surface area contributed by atoms with E-state index >= 15 is 0 Å². The Balaban J connectivity index is 1.31. The van der Waals surface area contributed by atoms with Crippen LogP contribution in [0.15, 0.2) is 42.7 Å². The van der Waals surface area contributed by atoms with Gasteiger partial charge in [0, 0.05) is 30.4 Å². The van der Waals surface area contributed by atoms with Crippen molar-refractivity contribution in [2.75, 3.05) is 22.1 Å². The van der Waals surface area contributed by atoms with Crippen molar-refractivity contribution in [1.82, 2.24) is 29.5 Å². The molecule has 3 N–H and O–H groups in total. The SMILES string of the molecule is CC1(C(=O)Nc2ccc(F)nc2)CCCN1c1nc(Nc2cc(C3CC3)[nH]n2)n2cccc2n1. The first-order valence-corrected chi connectivity index (χ1v) is 11.4. The lowest BCUT2D eigenvalue weighted by Gasteiger charge is -2.34. The van der Waals surface area contributed by atoms with Crippen molar-refractivity contribution in [2.24, 2.45) is 0 Å². The lowest BCUT2D eigenvalue weighted by atomic mass is 9.97. The highest BCUT2D eigenvalue weighted by Gasteiger charge is 2.45. The molecule has 10 nitrogen and oxygen atoms in total. The molecule has 1 atom stereocenters. The number of halogens is 1. The number of aromatic amines is 1. The van der Waals surface area contributed by atoms with Crippen LogP contribution in [0.2, 0.25) is 0 Å². The minimum atomic E-state index is -0.873. The molecule has 1 aliphatic heterocycles. The van der Waals surface area contributed by atoms with E-state index in [0.29, 0.717) is 47.9 Å². The molecule has 4 aromatic rings. The van der Waals surface area contributed by atoms with Crippen molar-refractivity contribution in [3.8, 4) is 0 Å². The number of amides is 1. The molecule has 0 bridgehead atoms. The Bertz CT molecular complexity index is 1360. The number of aromatic nitrogens is 6. The summed E-state index contributed by atoms with van der Waals surface area (Å²) in [7, 11) is 0. The van der Waals surface area contributed by atoms with Gasteiger partial charge in [0.15, 0.2) is 5.82 Å². The summed E-state index contributed by atoms with van der Waals surface area (Å²) in [5.74, 6) is 1.47. The third-order valence-corrected chi connectivity index (χ3v) is 6.59. The van der Waals surface area contributed by atoms with Gasteiger partial charge in [0.1, 0.15) is 11.2 Å². The summed E-state index contributed by atoms with van der Waals surface area (Å²) >= 11 is 0. The molecule has 1 saturated carbocycles. The van der Waals surface area contributed by atoms with Gasteiger partial charge in [-0.25, -0.2) is 4.98 Å². The molecular formula is C23H24FN9O. The first kappa shape index (κ1) is 20.6. The van der Waals surface area contributed by atoms with E-state index in [-0.39, 0.29) is 5.91 Å². The van der Waals surface area contributed by atoms with Gasteiger partial charge in [0.2, 0.25) is 23.8 Å². The first-order chi connectivity index (χ1) is 16.5. The Kier molecular flexibility index (Phi) is 4.71. The number of carbonyl (C=O) groups is 1. The number of nitrogens with zero attached hydrogens (tertiary/aromatic N) is 6. The molecule has 1 aliphatic carbocycles. The Labute approximate surface area is 194 Å². The fourth-order valence-corrected chi connectivity index (χ4v) is 4.48. The number of carbonyl (C=O) groups excluding carboxylic acids is 1. The molecular weight excluding hydrogens is 437 g/mol. The van der Waals surface area contributed by atoms with Gasteiger partial charge in [-0.05, 0) is 56.9 Å². The molecule has 2 aliphatic rings. The van der Waals surface area contributed by atoms with Crippen LogP contribution in [0, 0.1) is 5.95 Å². The number of pyridine rings is 1. The average molecular weight is 462 g/mol. The summed E-state index contributed by atoms with van der Waals surface area (Å²) in [5.41, 5.74) is 1.40. The molecule has 1 saturated heterocycles. The highest BCUT2D eigenvalue weighted by molar-refractivity contribution is 6.00. The molecule has 1 amide bonds. The second kappa shape index (κ2) is 7.79. The van der Waals surface area contributed by atoms with Gasteiger partial charge in [0.25, 0.3) is 0 Å². The van der Waals surface area contributed by atoms with Gasteiger partial charge in [-0.3, -0.25) is 14.3 Å². The van der Waals surface area contributed by atoms with Crippen LogP contribution in [-0.2, 0) is 4.79 Å². The first-order valence-electron chi connectivity index (χ1n) is 11.4. The van der Waals surface area contributed by atoms with E-state index in [1.165, 1.54) is 31.2 Å². The van der Waals surface area contributed by atoms with Gasteiger partial charge in [-0.2, -0.15) is 19.5 Å². The van der Waals surface area contributed by atoms with Crippen molar-refractivity contribution < 1.29 is 9.18 Å². The second-order valence-corrected chi connectivity index (χ2v) is 9.04. The number of rotatable bonds is 6. The van der Waals surface area contributed by atoms with Gasteiger partial charge in [-0.1, -0.05) is 0 Å². The van der Waals surface area contributed by atoms with Crippen LogP contribution in [0.5, 0.6) is 0 Å². The topological polar surface area (TPSA) is 116 Å². The quantitative estimate of drug-likeness (QED) is 0.376. The molecule has 0 radical (unpaired) electrons. The highest BCUT2D eigenvalue weighted by Crippen LogP contribution is 2.40. The molecule has 2 fully saturated rings. The molecule has 1 unspecified atom stereocenters. The van der Waals surface area contributed by atoms with E-state index in [9.17, 15) is 9.18 Å². The van der Waals surface area contributed by atoms with Crippen molar-refractivity contribution in [1.29, 1.82) is 0 Å². The molecule has 0 spiro atoms. The molecule has 0 aromatic carbocycles. The Morgan fingerprint density at radius 2 is 2.15 bits per heavy atom. The maximum atomic E-state index is 13.3. The van der Waals surface area contributed by atoms with Crippen LogP contribution in [0.1, 0.15) is 44.2 Å². The lowest BCUT2D eigenvalue weighted by Crippen LogP contribution is -2.51. The van der Waals surface area contributed by atoms with Crippen molar-refractivity contribution in [3.63, 3.8) is 0 Å². The smallest absolute Gasteiger partial charge is 0.250 e. The van der Waals surface area contributed by atoms with Crippen LogP contribution >= 0.6 is 0 Å². The number of anilines is 4. The second-order valence-electron chi connectivity index (χ2n) is 9.04. The van der Waals surface area contributed by atoms with Crippen LogP contribution in [-0.4, -0.2) is 47.5 Å². The van der Waals surface area contributed by atoms with Gasteiger partial charge in [0.05, 0.1) is 11.9 Å². The van der Waals surface area contributed by atoms with Gasteiger partial charge < -0.3 is 15.5 Å². The van der Waals surface area contributed by atoms with Crippen LogP contribution in [0.4, 0.5) is 27.8 Å². The minimum Gasteiger partial charge on any atom is -0.326 e. The minimum absolute atomic E-state index is 0.215. The predicted octanol–water partition coefficient (Wildman–Crippen LogP) is 3.61. The number of hydrogen-bond acceptors (Lipinski definition) is 7. The Morgan fingerprint density at radius 1 is 1.26 bits per heavy atom. The highest BCUT2D eigenvalue weighted by atomic mass is 19.1. The fraction of sp³-hybridized carbons (Fsp3) is 0.348. The molecule has 174 valence electrons. The van der Waals surface area contributed by atoms with Crippen molar-refractivity contribution in [2.45, 2.75) is 44.1 Å². The fourth-order valence-electron chi connectivity index (χ4n) is 4.48. The molecule has 4 aromatic heterocycles. The Morgan fingerprint density at radius 3 is 2.94 bits per heavy atom. The van der Waals surface area contributed by atoms with Gasteiger partial charge >= 0.3 is 0 Å². The summed E-state index contributed by atoms with van der Waals surface area (Å²) in [6, 6.07) is 8.52. The van der Waals surface area contributed by atoms with Crippen LogP contribution < -0.4 is 15.5 Å². The largest absolute Gasteiger partial charge is 0.326 e. The van der Waals surface area contributed by atoms with E-state index in [2.05, 4.69) is 25.8 Å². The van der Waals surface area contributed by atoms with E-state index in [0.717, 1.165) is 12.1 Å². The zero-order valence-corrected chi connectivity index (χ0v) is 18.6. The Hall–Kier alpha value is -4.02.